The van der Waals surface area contributed by atoms with E-state index in [4.69, 9.17) is 0 Å². The number of aromatic nitrogens is 1. The molecular formula is C24H23N3O3S. The van der Waals surface area contributed by atoms with E-state index in [9.17, 15) is 14.4 Å². The molecule has 7 heteroatoms. The Bertz CT molecular complexity index is 1110. The van der Waals surface area contributed by atoms with Crippen molar-refractivity contribution in [3.05, 3.63) is 48.5 Å². The molecule has 1 aliphatic carbocycles. The minimum Gasteiger partial charge on any atom is -0.324 e. The van der Waals surface area contributed by atoms with Crippen molar-refractivity contribution in [2.24, 2.45) is 11.8 Å². The van der Waals surface area contributed by atoms with Gasteiger partial charge in [-0.15, -0.1) is 11.3 Å². The summed E-state index contributed by atoms with van der Waals surface area (Å²) in [5.74, 6) is -1.23. The summed E-state index contributed by atoms with van der Waals surface area (Å²) < 4.78 is 1.13. The number of nitrogens with one attached hydrogen (secondary N) is 1. The molecule has 31 heavy (non-hydrogen) atoms. The number of imide groups is 1. The molecule has 5 rings (SSSR count). The lowest BCUT2D eigenvalue weighted by atomic mass is 9.81. The molecule has 0 spiro atoms. The lowest BCUT2D eigenvalue weighted by Gasteiger charge is -2.22. The first kappa shape index (κ1) is 19.9. The zero-order chi connectivity index (χ0) is 21.5. The highest BCUT2D eigenvalue weighted by Crippen LogP contribution is 2.39. The fraction of sp³-hybridized carbons (Fsp3) is 0.333. The van der Waals surface area contributed by atoms with Crippen LogP contribution in [0.1, 0.15) is 32.6 Å². The number of fused-ring (bicyclic) bond motifs is 2. The van der Waals surface area contributed by atoms with Gasteiger partial charge in [0.15, 0.2) is 0 Å². The molecule has 2 heterocycles. The van der Waals surface area contributed by atoms with Gasteiger partial charge < -0.3 is 5.32 Å². The molecule has 1 aromatic heterocycles. The third-order valence-corrected chi connectivity index (χ3v) is 7.42. The van der Waals surface area contributed by atoms with Crippen LogP contribution in [0.3, 0.4) is 0 Å². The summed E-state index contributed by atoms with van der Waals surface area (Å²) in [6, 6.07) is 14.6. The first-order valence-corrected chi connectivity index (χ1v) is 11.5. The quantitative estimate of drug-likeness (QED) is 0.616. The van der Waals surface area contributed by atoms with Crippen LogP contribution in [0, 0.1) is 11.8 Å². The molecule has 2 aliphatic rings. The van der Waals surface area contributed by atoms with Crippen LogP contribution < -0.4 is 5.32 Å². The van der Waals surface area contributed by atoms with E-state index in [2.05, 4.69) is 10.3 Å². The molecule has 1 aliphatic heterocycles. The zero-order valence-corrected chi connectivity index (χ0v) is 18.0. The Kier molecular flexibility index (Phi) is 5.06. The van der Waals surface area contributed by atoms with Crippen LogP contribution in [-0.2, 0) is 14.4 Å². The number of carbonyl (C=O) groups is 3. The summed E-state index contributed by atoms with van der Waals surface area (Å²) in [6.45, 7) is 1.62. The van der Waals surface area contributed by atoms with Gasteiger partial charge in [-0.1, -0.05) is 25.0 Å². The molecule has 2 fully saturated rings. The molecule has 1 N–H and O–H groups in total. The Morgan fingerprint density at radius 1 is 1.03 bits per heavy atom. The van der Waals surface area contributed by atoms with Crippen LogP contribution in [0.5, 0.6) is 0 Å². The number of likely N-dealkylation sites (tertiary alicyclic amines) is 1. The minimum absolute atomic E-state index is 0.191. The van der Waals surface area contributed by atoms with E-state index in [1.807, 2.05) is 48.5 Å². The van der Waals surface area contributed by atoms with E-state index < -0.39 is 6.04 Å². The average Bonchev–Trinajstić information content (AvgIpc) is 3.33. The average molecular weight is 434 g/mol. The first-order valence-electron chi connectivity index (χ1n) is 10.7. The van der Waals surface area contributed by atoms with E-state index in [1.54, 1.807) is 18.3 Å². The van der Waals surface area contributed by atoms with Gasteiger partial charge >= 0.3 is 0 Å². The third-order valence-electron chi connectivity index (χ3n) is 6.34. The molecule has 3 amide bonds. The van der Waals surface area contributed by atoms with Crippen LogP contribution in [-0.4, -0.2) is 33.6 Å². The maximum absolute atomic E-state index is 12.8. The molecule has 0 radical (unpaired) electrons. The van der Waals surface area contributed by atoms with E-state index in [1.165, 1.54) is 4.90 Å². The van der Waals surface area contributed by atoms with E-state index in [0.29, 0.717) is 5.69 Å². The van der Waals surface area contributed by atoms with Crippen molar-refractivity contribution in [2.45, 2.75) is 38.6 Å². The van der Waals surface area contributed by atoms with Crippen LogP contribution in [0.4, 0.5) is 5.69 Å². The lowest BCUT2D eigenvalue weighted by Crippen LogP contribution is -2.46. The molecule has 2 aromatic carbocycles. The van der Waals surface area contributed by atoms with Gasteiger partial charge in [0, 0.05) is 11.3 Å². The number of anilines is 1. The summed E-state index contributed by atoms with van der Waals surface area (Å²) in [4.78, 5) is 44.1. The second-order valence-electron chi connectivity index (χ2n) is 8.27. The zero-order valence-electron chi connectivity index (χ0n) is 17.2. The van der Waals surface area contributed by atoms with E-state index in [-0.39, 0.29) is 29.6 Å². The van der Waals surface area contributed by atoms with Crippen LogP contribution in [0.2, 0.25) is 0 Å². The highest BCUT2D eigenvalue weighted by atomic mass is 32.1. The van der Waals surface area contributed by atoms with Crippen molar-refractivity contribution in [1.29, 1.82) is 0 Å². The number of thiazole rings is 1. The second kappa shape index (κ2) is 7.89. The smallest absolute Gasteiger partial charge is 0.247 e. The van der Waals surface area contributed by atoms with Gasteiger partial charge in [0.25, 0.3) is 0 Å². The number of hydrogen-bond donors (Lipinski definition) is 1. The lowest BCUT2D eigenvalue weighted by molar-refractivity contribution is -0.146. The van der Waals surface area contributed by atoms with Gasteiger partial charge in [0.05, 0.1) is 22.1 Å². The van der Waals surface area contributed by atoms with Crippen LogP contribution in [0.15, 0.2) is 48.5 Å². The maximum Gasteiger partial charge on any atom is 0.247 e. The molecular weight excluding hydrogens is 410 g/mol. The number of amides is 3. The van der Waals surface area contributed by atoms with Gasteiger partial charge in [0.2, 0.25) is 17.7 Å². The Hall–Kier alpha value is -3.06. The van der Waals surface area contributed by atoms with Crippen LogP contribution >= 0.6 is 11.3 Å². The summed E-state index contributed by atoms with van der Waals surface area (Å²) in [6.07, 6.45) is 3.42. The van der Waals surface area contributed by atoms with Crippen molar-refractivity contribution >= 4 is 45.0 Å². The minimum atomic E-state index is -0.825. The largest absolute Gasteiger partial charge is 0.324 e. The Morgan fingerprint density at radius 2 is 1.68 bits per heavy atom. The number of carbonyl (C=O) groups excluding carboxylic acids is 3. The van der Waals surface area contributed by atoms with Crippen molar-refractivity contribution < 1.29 is 14.4 Å². The van der Waals surface area contributed by atoms with Gasteiger partial charge in [-0.05, 0) is 56.2 Å². The number of para-hydroxylation sites is 1. The SMILES string of the molecule is CC(C(=O)Nc1ccc(-c2nc3ccccc3s2)cc1)N1C(=O)C2CCCCC2C1=O. The molecule has 3 aromatic rings. The maximum atomic E-state index is 12.8. The number of benzene rings is 2. The third kappa shape index (κ3) is 3.53. The van der Waals surface area contributed by atoms with Crippen LogP contribution in [0.25, 0.3) is 20.8 Å². The van der Waals surface area contributed by atoms with Crippen molar-refractivity contribution in [3.63, 3.8) is 0 Å². The summed E-state index contributed by atoms with van der Waals surface area (Å²) in [5, 5.41) is 3.76. The van der Waals surface area contributed by atoms with Gasteiger partial charge in [0.1, 0.15) is 11.0 Å². The Balaban J connectivity index is 1.29. The standard InChI is InChI=1S/C24H23N3O3S/c1-14(27-23(29)17-6-2-3-7-18(17)24(27)30)21(28)25-16-12-10-15(11-13-16)22-26-19-8-4-5-9-20(19)31-22/h4-5,8-14,17-18H,2-3,6-7H2,1H3,(H,25,28). The van der Waals surface area contributed by atoms with E-state index >= 15 is 0 Å². The Morgan fingerprint density at radius 3 is 2.32 bits per heavy atom. The van der Waals surface area contributed by atoms with Gasteiger partial charge in [-0.2, -0.15) is 0 Å². The molecule has 6 nitrogen and oxygen atoms in total. The van der Waals surface area contributed by atoms with Crippen molar-refractivity contribution in [1.82, 2.24) is 9.88 Å². The predicted octanol–water partition coefficient (Wildman–Crippen LogP) is 4.47. The second-order valence-corrected chi connectivity index (χ2v) is 9.30. The topological polar surface area (TPSA) is 79.4 Å². The number of nitrogens with zero attached hydrogens (tertiary/aromatic N) is 2. The summed E-state index contributed by atoms with van der Waals surface area (Å²) >= 11 is 1.62. The highest BCUT2D eigenvalue weighted by Gasteiger charge is 2.50. The normalized spacial score (nSPS) is 21.9. The van der Waals surface area contributed by atoms with Gasteiger partial charge in [-0.25, -0.2) is 4.98 Å². The summed E-state index contributed by atoms with van der Waals surface area (Å²) in [5.41, 5.74) is 2.56. The predicted molar refractivity (Wildman–Crippen MR) is 120 cm³/mol. The monoisotopic (exact) mass is 433 g/mol. The number of hydrogen-bond acceptors (Lipinski definition) is 5. The molecule has 3 atom stereocenters. The molecule has 158 valence electrons. The fourth-order valence-corrected chi connectivity index (χ4v) is 5.60. The Labute approximate surface area is 184 Å². The fourth-order valence-electron chi connectivity index (χ4n) is 4.63. The molecule has 0 bridgehead atoms. The first-order chi connectivity index (χ1) is 15.0. The molecule has 1 saturated heterocycles. The van der Waals surface area contributed by atoms with E-state index in [0.717, 1.165) is 46.5 Å². The molecule has 1 saturated carbocycles. The molecule has 3 unspecified atom stereocenters. The van der Waals surface area contributed by atoms with Gasteiger partial charge in [-0.3, -0.25) is 19.3 Å². The van der Waals surface area contributed by atoms with Crippen molar-refractivity contribution in [2.75, 3.05) is 5.32 Å². The van der Waals surface area contributed by atoms with Crippen molar-refractivity contribution in [3.8, 4) is 10.6 Å². The number of rotatable bonds is 4. The summed E-state index contributed by atoms with van der Waals surface area (Å²) in [7, 11) is 0. The highest BCUT2D eigenvalue weighted by molar-refractivity contribution is 7.21.